The zero-order chi connectivity index (χ0) is 15.5. The van der Waals surface area contributed by atoms with Gasteiger partial charge >= 0.3 is 6.18 Å². The van der Waals surface area contributed by atoms with Gasteiger partial charge in [0.1, 0.15) is 6.04 Å². The molecule has 0 radical (unpaired) electrons. The Bertz CT molecular complexity index is 534. The first-order chi connectivity index (χ1) is 9.89. The van der Waals surface area contributed by atoms with Gasteiger partial charge in [-0.3, -0.25) is 5.32 Å². The molecule has 0 saturated carbocycles. The van der Waals surface area contributed by atoms with Gasteiger partial charge in [0.25, 0.3) is 0 Å². The van der Waals surface area contributed by atoms with Crippen LogP contribution in [0.4, 0.5) is 13.2 Å². The molecular weight excluding hydrogens is 295 g/mol. The average molecular weight is 313 g/mol. The van der Waals surface area contributed by atoms with Gasteiger partial charge in [0.05, 0.1) is 0 Å². The molecule has 1 aromatic heterocycles. The summed E-state index contributed by atoms with van der Waals surface area (Å²) in [6.45, 7) is 3.85. The molecule has 2 atom stereocenters. The van der Waals surface area contributed by atoms with Crippen LogP contribution in [0.2, 0.25) is 0 Å². The molecule has 21 heavy (non-hydrogen) atoms. The molecule has 5 heteroatoms. The van der Waals surface area contributed by atoms with E-state index in [4.69, 9.17) is 0 Å². The van der Waals surface area contributed by atoms with Crippen LogP contribution in [-0.4, -0.2) is 6.18 Å². The summed E-state index contributed by atoms with van der Waals surface area (Å²) in [6.07, 6.45) is -4.33. The highest BCUT2D eigenvalue weighted by Gasteiger charge is 2.42. The second-order valence-electron chi connectivity index (χ2n) is 5.29. The quantitative estimate of drug-likeness (QED) is 0.786. The van der Waals surface area contributed by atoms with E-state index in [1.165, 1.54) is 23.5 Å². The van der Waals surface area contributed by atoms with E-state index in [-0.39, 0.29) is 17.5 Å². The molecule has 1 N–H and O–H groups in total. The monoisotopic (exact) mass is 313 g/mol. The summed E-state index contributed by atoms with van der Waals surface area (Å²) in [6, 6.07) is 9.76. The van der Waals surface area contributed by atoms with Crippen LogP contribution < -0.4 is 5.32 Å². The summed E-state index contributed by atoms with van der Waals surface area (Å²) in [7, 11) is 0. The van der Waals surface area contributed by atoms with Crippen molar-refractivity contribution in [1.29, 1.82) is 0 Å². The zero-order valence-electron chi connectivity index (χ0n) is 11.9. The molecule has 2 rings (SSSR count). The van der Waals surface area contributed by atoms with Crippen molar-refractivity contribution in [2.75, 3.05) is 0 Å². The molecule has 1 nitrogen and oxygen atoms in total. The van der Waals surface area contributed by atoms with Crippen LogP contribution in [0.1, 0.15) is 36.4 Å². The van der Waals surface area contributed by atoms with Crippen LogP contribution in [0.25, 0.3) is 0 Å². The second-order valence-corrected chi connectivity index (χ2v) is 6.27. The Morgan fingerprint density at radius 3 is 2.14 bits per heavy atom. The predicted molar refractivity (Wildman–Crippen MR) is 80.3 cm³/mol. The molecule has 0 bridgehead atoms. The number of nitrogens with one attached hydrogen (secondary N) is 1. The number of hydrogen-bond donors (Lipinski definition) is 1. The lowest BCUT2D eigenvalue weighted by molar-refractivity contribution is -0.160. The van der Waals surface area contributed by atoms with E-state index in [0.29, 0.717) is 0 Å². The highest BCUT2D eigenvalue weighted by molar-refractivity contribution is 7.10. The van der Waals surface area contributed by atoms with Gasteiger partial charge in [0.2, 0.25) is 0 Å². The Morgan fingerprint density at radius 1 is 1.00 bits per heavy atom. The molecule has 0 spiro atoms. The fourth-order valence-electron chi connectivity index (χ4n) is 2.28. The van der Waals surface area contributed by atoms with Crippen LogP contribution >= 0.6 is 11.3 Å². The van der Waals surface area contributed by atoms with E-state index in [0.717, 1.165) is 4.88 Å². The van der Waals surface area contributed by atoms with E-state index >= 15 is 0 Å². The molecule has 2 aromatic rings. The SMILES string of the molecule is CC(C)C(NC(c1ccccc1)C(F)(F)F)c1cccs1. The third kappa shape index (κ3) is 4.08. The van der Waals surface area contributed by atoms with Crippen molar-refractivity contribution in [1.82, 2.24) is 5.32 Å². The van der Waals surface area contributed by atoms with Crippen LogP contribution in [-0.2, 0) is 0 Å². The topological polar surface area (TPSA) is 12.0 Å². The fraction of sp³-hybridized carbons (Fsp3) is 0.375. The first-order valence-corrected chi connectivity index (χ1v) is 7.68. The van der Waals surface area contributed by atoms with Crippen molar-refractivity contribution < 1.29 is 13.2 Å². The molecule has 0 fully saturated rings. The average Bonchev–Trinajstić information content (AvgIpc) is 2.92. The number of thiophene rings is 1. The maximum atomic E-state index is 13.4. The summed E-state index contributed by atoms with van der Waals surface area (Å²) in [5.74, 6) is 0.0669. The van der Waals surface area contributed by atoms with Gasteiger partial charge in [-0.15, -0.1) is 11.3 Å². The van der Waals surface area contributed by atoms with Gasteiger partial charge in [-0.1, -0.05) is 50.2 Å². The molecule has 1 aromatic carbocycles. The lowest BCUT2D eigenvalue weighted by Gasteiger charge is -2.29. The summed E-state index contributed by atoms with van der Waals surface area (Å²) in [5.41, 5.74) is 0.243. The third-order valence-corrected chi connectivity index (χ3v) is 4.28. The first-order valence-electron chi connectivity index (χ1n) is 6.80. The van der Waals surface area contributed by atoms with Crippen LogP contribution in [0.5, 0.6) is 0 Å². The molecule has 0 aliphatic carbocycles. The van der Waals surface area contributed by atoms with Gasteiger partial charge in [-0.2, -0.15) is 13.2 Å². The maximum Gasteiger partial charge on any atom is 0.407 e. The van der Waals surface area contributed by atoms with Crippen molar-refractivity contribution in [3.63, 3.8) is 0 Å². The van der Waals surface area contributed by atoms with Crippen molar-refractivity contribution in [3.05, 3.63) is 58.3 Å². The minimum Gasteiger partial charge on any atom is -0.295 e. The Labute approximate surface area is 126 Å². The fourth-order valence-corrected chi connectivity index (χ4v) is 3.23. The van der Waals surface area contributed by atoms with E-state index in [2.05, 4.69) is 5.32 Å². The smallest absolute Gasteiger partial charge is 0.295 e. The Hall–Kier alpha value is -1.33. The summed E-state index contributed by atoms with van der Waals surface area (Å²) in [5, 5.41) is 4.68. The Morgan fingerprint density at radius 2 is 1.67 bits per heavy atom. The van der Waals surface area contributed by atoms with Crippen molar-refractivity contribution >= 4 is 11.3 Å². The van der Waals surface area contributed by atoms with Gasteiger partial charge in [-0.25, -0.2) is 0 Å². The lowest BCUT2D eigenvalue weighted by Crippen LogP contribution is -2.38. The first kappa shape index (κ1) is 16.0. The molecule has 2 unspecified atom stereocenters. The minimum atomic E-state index is -4.33. The van der Waals surface area contributed by atoms with Gasteiger partial charge in [-0.05, 0) is 22.9 Å². The highest BCUT2D eigenvalue weighted by Crippen LogP contribution is 2.37. The maximum absolute atomic E-state index is 13.4. The second kappa shape index (κ2) is 6.62. The van der Waals surface area contributed by atoms with E-state index in [1.54, 1.807) is 18.2 Å². The van der Waals surface area contributed by atoms with Crippen molar-refractivity contribution in [2.24, 2.45) is 5.92 Å². The van der Waals surface area contributed by atoms with E-state index in [1.807, 2.05) is 31.4 Å². The molecule has 0 amide bonds. The Balaban J connectivity index is 2.30. The van der Waals surface area contributed by atoms with Gasteiger partial charge < -0.3 is 0 Å². The Kier molecular flexibility index (Phi) is 5.06. The largest absolute Gasteiger partial charge is 0.407 e. The molecule has 114 valence electrons. The zero-order valence-corrected chi connectivity index (χ0v) is 12.7. The third-order valence-electron chi connectivity index (χ3n) is 3.32. The molecular formula is C16H18F3NS. The lowest BCUT2D eigenvalue weighted by atomic mass is 9.99. The summed E-state index contributed by atoms with van der Waals surface area (Å²) < 4.78 is 40.2. The van der Waals surface area contributed by atoms with Crippen LogP contribution in [0, 0.1) is 5.92 Å². The van der Waals surface area contributed by atoms with Crippen LogP contribution in [0.15, 0.2) is 47.8 Å². The van der Waals surface area contributed by atoms with Crippen LogP contribution in [0.3, 0.4) is 0 Å². The number of halogens is 3. The van der Waals surface area contributed by atoms with E-state index < -0.39 is 12.2 Å². The van der Waals surface area contributed by atoms with Crippen molar-refractivity contribution in [3.8, 4) is 0 Å². The van der Waals surface area contributed by atoms with Gasteiger partial charge in [0.15, 0.2) is 0 Å². The number of rotatable bonds is 5. The molecule has 1 heterocycles. The van der Waals surface area contributed by atoms with E-state index in [9.17, 15) is 13.2 Å². The standard InChI is InChI=1S/C16H18F3NS/c1-11(2)14(13-9-6-10-21-13)20-15(16(17,18)19)12-7-4-3-5-8-12/h3-11,14-15,20H,1-2H3. The molecule has 0 aliphatic heterocycles. The minimum absolute atomic E-state index is 0.0669. The number of hydrogen-bond acceptors (Lipinski definition) is 2. The van der Waals surface area contributed by atoms with Crippen molar-refractivity contribution in [2.45, 2.75) is 32.1 Å². The number of alkyl halides is 3. The molecule has 0 saturated heterocycles. The predicted octanol–water partition coefficient (Wildman–Crippen LogP) is 5.34. The molecule has 0 aliphatic rings. The normalized spacial score (nSPS) is 15.1. The summed E-state index contributed by atoms with van der Waals surface area (Å²) >= 11 is 1.48. The summed E-state index contributed by atoms with van der Waals surface area (Å²) in [4.78, 5) is 0.926. The number of benzene rings is 1. The highest BCUT2D eigenvalue weighted by atomic mass is 32.1. The van der Waals surface area contributed by atoms with Gasteiger partial charge in [0, 0.05) is 10.9 Å².